The Morgan fingerprint density at radius 1 is 1.17 bits per heavy atom. The van der Waals surface area contributed by atoms with Crippen LogP contribution in [0.15, 0.2) is 24.3 Å². The van der Waals surface area contributed by atoms with Crippen LogP contribution in [0.25, 0.3) is 0 Å². The summed E-state index contributed by atoms with van der Waals surface area (Å²) in [4.78, 5) is 25.6. The second kappa shape index (κ2) is 7.79. The molecule has 2 amide bonds. The first kappa shape index (κ1) is 17.8. The molecule has 2 heterocycles. The first-order chi connectivity index (χ1) is 10.6. The third kappa shape index (κ3) is 4.24. The van der Waals surface area contributed by atoms with Gasteiger partial charge >= 0.3 is 0 Å². The SMILES string of the molecule is Cl.NC(=O)CC1CCN(C(=O)C2Cc3ccccc3CN2)CC1. The molecule has 1 aromatic carbocycles. The first-order valence-corrected chi connectivity index (χ1v) is 8.00. The molecule has 6 heteroatoms. The molecule has 1 unspecified atom stereocenters. The second-order valence-electron chi connectivity index (χ2n) is 6.35. The van der Waals surface area contributed by atoms with Crippen LogP contribution in [0.3, 0.4) is 0 Å². The second-order valence-corrected chi connectivity index (χ2v) is 6.35. The maximum Gasteiger partial charge on any atom is 0.240 e. The lowest BCUT2D eigenvalue weighted by Gasteiger charge is -2.35. The zero-order valence-electron chi connectivity index (χ0n) is 13.2. The molecule has 1 fully saturated rings. The van der Waals surface area contributed by atoms with Gasteiger partial charge in [-0.3, -0.25) is 9.59 Å². The summed E-state index contributed by atoms with van der Waals surface area (Å²) in [5.41, 5.74) is 7.80. The predicted molar refractivity (Wildman–Crippen MR) is 91.1 cm³/mol. The van der Waals surface area contributed by atoms with E-state index < -0.39 is 0 Å². The molecule has 126 valence electrons. The van der Waals surface area contributed by atoms with E-state index in [1.54, 1.807) is 0 Å². The van der Waals surface area contributed by atoms with Gasteiger partial charge in [0.05, 0.1) is 6.04 Å². The van der Waals surface area contributed by atoms with Crippen LogP contribution < -0.4 is 11.1 Å². The number of hydrogen-bond acceptors (Lipinski definition) is 3. The number of rotatable bonds is 3. The summed E-state index contributed by atoms with van der Waals surface area (Å²) >= 11 is 0. The number of likely N-dealkylation sites (tertiary alicyclic amines) is 1. The van der Waals surface area contributed by atoms with Crippen molar-refractivity contribution in [3.63, 3.8) is 0 Å². The largest absolute Gasteiger partial charge is 0.370 e. The fourth-order valence-corrected chi connectivity index (χ4v) is 3.49. The number of carbonyl (C=O) groups is 2. The Labute approximate surface area is 143 Å². The van der Waals surface area contributed by atoms with E-state index in [1.807, 2.05) is 17.0 Å². The van der Waals surface area contributed by atoms with Crippen LogP contribution in [-0.4, -0.2) is 35.8 Å². The minimum atomic E-state index is -0.240. The zero-order valence-corrected chi connectivity index (χ0v) is 14.0. The molecule has 1 aromatic rings. The van der Waals surface area contributed by atoms with Crippen LogP contribution >= 0.6 is 12.4 Å². The summed E-state index contributed by atoms with van der Waals surface area (Å²) in [7, 11) is 0. The molecule has 0 aliphatic carbocycles. The van der Waals surface area contributed by atoms with Crippen molar-refractivity contribution in [3.8, 4) is 0 Å². The van der Waals surface area contributed by atoms with E-state index in [0.29, 0.717) is 12.3 Å². The smallest absolute Gasteiger partial charge is 0.240 e. The number of halogens is 1. The number of nitrogens with zero attached hydrogens (tertiary/aromatic N) is 1. The Hall–Kier alpha value is -1.59. The van der Waals surface area contributed by atoms with Crippen LogP contribution in [0.2, 0.25) is 0 Å². The van der Waals surface area contributed by atoms with Gasteiger partial charge in [-0.15, -0.1) is 12.4 Å². The van der Waals surface area contributed by atoms with E-state index in [1.165, 1.54) is 11.1 Å². The van der Waals surface area contributed by atoms with Crippen molar-refractivity contribution < 1.29 is 9.59 Å². The van der Waals surface area contributed by atoms with Crippen molar-refractivity contribution in [3.05, 3.63) is 35.4 Å². The molecular weight excluding hydrogens is 314 g/mol. The molecule has 0 bridgehead atoms. The van der Waals surface area contributed by atoms with Gasteiger partial charge in [0.2, 0.25) is 11.8 Å². The topological polar surface area (TPSA) is 75.4 Å². The van der Waals surface area contributed by atoms with E-state index in [0.717, 1.165) is 38.9 Å². The molecule has 1 atom stereocenters. The van der Waals surface area contributed by atoms with E-state index in [4.69, 9.17) is 5.73 Å². The molecule has 0 saturated carbocycles. The maximum absolute atomic E-state index is 12.7. The highest BCUT2D eigenvalue weighted by molar-refractivity contribution is 5.85. The lowest BCUT2D eigenvalue weighted by molar-refractivity contribution is -0.135. The summed E-state index contributed by atoms with van der Waals surface area (Å²) < 4.78 is 0. The molecule has 0 radical (unpaired) electrons. The minimum absolute atomic E-state index is 0. The van der Waals surface area contributed by atoms with Gasteiger partial charge in [-0.05, 0) is 36.3 Å². The predicted octanol–water partition coefficient (Wildman–Crippen LogP) is 1.24. The number of hydrogen-bond donors (Lipinski definition) is 2. The highest BCUT2D eigenvalue weighted by Gasteiger charge is 2.30. The van der Waals surface area contributed by atoms with Gasteiger partial charge in [0, 0.05) is 26.1 Å². The Morgan fingerprint density at radius 2 is 1.83 bits per heavy atom. The van der Waals surface area contributed by atoms with Gasteiger partial charge in [0.25, 0.3) is 0 Å². The van der Waals surface area contributed by atoms with Crippen LogP contribution in [0.5, 0.6) is 0 Å². The van der Waals surface area contributed by atoms with Gasteiger partial charge in [0.15, 0.2) is 0 Å². The highest BCUT2D eigenvalue weighted by atomic mass is 35.5. The molecule has 2 aliphatic rings. The molecule has 2 aliphatic heterocycles. The lowest BCUT2D eigenvalue weighted by Crippen LogP contribution is -2.51. The van der Waals surface area contributed by atoms with Crippen molar-refractivity contribution in [2.75, 3.05) is 13.1 Å². The summed E-state index contributed by atoms with van der Waals surface area (Å²) in [5, 5.41) is 3.35. The van der Waals surface area contributed by atoms with Crippen molar-refractivity contribution >= 4 is 24.2 Å². The van der Waals surface area contributed by atoms with Crippen molar-refractivity contribution in [1.29, 1.82) is 0 Å². The molecule has 0 spiro atoms. The number of fused-ring (bicyclic) bond motifs is 1. The fourth-order valence-electron chi connectivity index (χ4n) is 3.49. The number of piperidine rings is 1. The lowest BCUT2D eigenvalue weighted by atomic mass is 9.91. The maximum atomic E-state index is 12.7. The number of nitrogens with one attached hydrogen (secondary N) is 1. The summed E-state index contributed by atoms with van der Waals surface area (Å²) in [6.45, 7) is 2.22. The highest BCUT2D eigenvalue weighted by Crippen LogP contribution is 2.22. The number of benzene rings is 1. The molecule has 1 saturated heterocycles. The number of amides is 2. The normalized spacial score (nSPS) is 21.2. The van der Waals surface area contributed by atoms with Crippen LogP contribution in [0, 0.1) is 5.92 Å². The average molecular weight is 338 g/mol. The van der Waals surface area contributed by atoms with Crippen molar-refractivity contribution in [2.45, 2.75) is 38.3 Å². The van der Waals surface area contributed by atoms with Crippen LogP contribution in [0.4, 0.5) is 0 Å². The quantitative estimate of drug-likeness (QED) is 0.871. The van der Waals surface area contributed by atoms with Crippen LogP contribution in [-0.2, 0) is 22.6 Å². The van der Waals surface area contributed by atoms with E-state index in [9.17, 15) is 9.59 Å². The number of nitrogens with two attached hydrogens (primary N) is 1. The Balaban J connectivity index is 0.00000192. The monoisotopic (exact) mass is 337 g/mol. The average Bonchev–Trinajstić information content (AvgIpc) is 2.54. The molecule has 0 aromatic heterocycles. The fraction of sp³-hybridized carbons (Fsp3) is 0.529. The summed E-state index contributed by atoms with van der Waals surface area (Å²) in [6.07, 6.45) is 2.95. The van der Waals surface area contributed by atoms with E-state index in [2.05, 4.69) is 17.4 Å². The van der Waals surface area contributed by atoms with E-state index in [-0.39, 0.29) is 30.3 Å². The Bertz CT molecular complexity index is 571. The van der Waals surface area contributed by atoms with Gasteiger partial charge in [-0.25, -0.2) is 0 Å². The molecule has 3 N–H and O–H groups in total. The van der Waals surface area contributed by atoms with E-state index >= 15 is 0 Å². The van der Waals surface area contributed by atoms with Crippen LogP contribution in [0.1, 0.15) is 30.4 Å². The van der Waals surface area contributed by atoms with Gasteiger partial charge in [-0.1, -0.05) is 24.3 Å². The molecule has 5 nitrogen and oxygen atoms in total. The van der Waals surface area contributed by atoms with Gasteiger partial charge in [0.1, 0.15) is 0 Å². The van der Waals surface area contributed by atoms with Crippen molar-refractivity contribution in [1.82, 2.24) is 10.2 Å². The van der Waals surface area contributed by atoms with Gasteiger partial charge in [-0.2, -0.15) is 0 Å². The molecular formula is C17H24ClN3O2. The Kier molecular flexibility index (Phi) is 6.02. The van der Waals surface area contributed by atoms with Gasteiger partial charge < -0.3 is 16.0 Å². The first-order valence-electron chi connectivity index (χ1n) is 8.00. The summed E-state index contributed by atoms with van der Waals surface area (Å²) in [5.74, 6) is 0.281. The minimum Gasteiger partial charge on any atom is -0.370 e. The molecule has 23 heavy (non-hydrogen) atoms. The summed E-state index contributed by atoms with van der Waals surface area (Å²) in [6, 6.07) is 8.16. The third-order valence-corrected chi connectivity index (χ3v) is 4.80. The Morgan fingerprint density at radius 3 is 2.48 bits per heavy atom. The standard InChI is InChI=1S/C17H23N3O2.ClH/c18-16(21)9-12-5-7-20(8-6-12)17(22)15-10-13-3-1-2-4-14(13)11-19-15;/h1-4,12,15,19H,5-11H2,(H2,18,21);1H. The zero-order chi connectivity index (χ0) is 15.5. The number of primary amides is 1. The number of carbonyl (C=O) groups excluding carboxylic acids is 2. The third-order valence-electron chi connectivity index (χ3n) is 4.80. The van der Waals surface area contributed by atoms with Crippen molar-refractivity contribution in [2.24, 2.45) is 11.7 Å². The molecule has 3 rings (SSSR count).